The minimum absolute atomic E-state index is 0.466. The van der Waals surface area contributed by atoms with Crippen molar-refractivity contribution in [3.8, 4) is 0 Å². The number of hydrogen-bond acceptors (Lipinski definition) is 2. The van der Waals surface area contributed by atoms with Crippen molar-refractivity contribution in [1.82, 2.24) is 5.32 Å². The predicted octanol–water partition coefficient (Wildman–Crippen LogP) is 3.22. The van der Waals surface area contributed by atoms with Gasteiger partial charge < -0.3 is 10.1 Å². The summed E-state index contributed by atoms with van der Waals surface area (Å²) in [6.45, 7) is 11.2. The first-order valence-electron chi connectivity index (χ1n) is 7.02. The number of ether oxygens (including phenoxy) is 1. The fraction of sp³-hybridized carbons (Fsp3) is 1.00. The van der Waals surface area contributed by atoms with Crippen molar-refractivity contribution in [2.75, 3.05) is 13.2 Å². The molecular weight excluding hydrogens is 198 g/mol. The second kappa shape index (κ2) is 7.29. The van der Waals surface area contributed by atoms with Crippen LogP contribution in [0.5, 0.6) is 0 Å². The van der Waals surface area contributed by atoms with E-state index in [0.717, 1.165) is 12.5 Å². The summed E-state index contributed by atoms with van der Waals surface area (Å²) in [7, 11) is 0. The molecular formula is C14H29NO. The van der Waals surface area contributed by atoms with Crippen LogP contribution in [0.1, 0.15) is 53.4 Å². The number of rotatable bonds is 6. The van der Waals surface area contributed by atoms with Crippen LogP contribution in [0, 0.1) is 11.8 Å². The molecule has 2 heteroatoms. The van der Waals surface area contributed by atoms with Crippen molar-refractivity contribution >= 4 is 0 Å². The molecule has 0 radical (unpaired) electrons. The van der Waals surface area contributed by atoms with Crippen LogP contribution in [0.4, 0.5) is 0 Å². The molecule has 96 valence electrons. The average molecular weight is 227 g/mol. The van der Waals surface area contributed by atoms with Crippen LogP contribution < -0.4 is 5.32 Å². The van der Waals surface area contributed by atoms with Gasteiger partial charge in [-0.25, -0.2) is 0 Å². The Balaban J connectivity index is 2.26. The van der Waals surface area contributed by atoms with Crippen molar-refractivity contribution in [2.45, 2.75) is 65.5 Å². The third-order valence-electron chi connectivity index (χ3n) is 3.91. The third kappa shape index (κ3) is 4.42. The maximum atomic E-state index is 5.79. The van der Waals surface area contributed by atoms with Crippen molar-refractivity contribution in [2.24, 2.45) is 11.8 Å². The monoisotopic (exact) mass is 227 g/mol. The van der Waals surface area contributed by atoms with E-state index in [-0.39, 0.29) is 0 Å². The van der Waals surface area contributed by atoms with Crippen LogP contribution >= 0.6 is 0 Å². The van der Waals surface area contributed by atoms with E-state index in [2.05, 4.69) is 33.0 Å². The third-order valence-corrected chi connectivity index (χ3v) is 3.91. The van der Waals surface area contributed by atoms with E-state index in [1.165, 1.54) is 32.2 Å². The van der Waals surface area contributed by atoms with Crippen molar-refractivity contribution < 1.29 is 4.74 Å². The first-order valence-corrected chi connectivity index (χ1v) is 7.02. The first-order chi connectivity index (χ1) is 7.67. The van der Waals surface area contributed by atoms with Gasteiger partial charge in [0.2, 0.25) is 0 Å². The summed E-state index contributed by atoms with van der Waals surface area (Å²) in [5, 5.41) is 3.73. The Morgan fingerprint density at radius 3 is 2.50 bits per heavy atom. The quantitative estimate of drug-likeness (QED) is 0.752. The van der Waals surface area contributed by atoms with Crippen LogP contribution in [0.3, 0.4) is 0 Å². The molecule has 2 nitrogen and oxygen atoms in total. The fourth-order valence-electron chi connectivity index (χ4n) is 2.39. The van der Waals surface area contributed by atoms with E-state index in [0.29, 0.717) is 18.1 Å². The minimum Gasteiger partial charge on any atom is -0.378 e. The highest BCUT2D eigenvalue weighted by Gasteiger charge is 2.24. The zero-order valence-corrected chi connectivity index (χ0v) is 11.5. The molecule has 0 aromatic carbocycles. The molecule has 1 rings (SSSR count). The first kappa shape index (κ1) is 14.0. The fourth-order valence-corrected chi connectivity index (χ4v) is 2.39. The summed E-state index contributed by atoms with van der Waals surface area (Å²) in [5.74, 6) is 1.50. The Labute approximate surface area is 101 Å². The summed E-state index contributed by atoms with van der Waals surface area (Å²) in [5.41, 5.74) is 0. The van der Waals surface area contributed by atoms with Crippen molar-refractivity contribution in [1.29, 1.82) is 0 Å². The number of nitrogens with one attached hydrogen (secondary N) is 1. The molecule has 2 unspecified atom stereocenters. The van der Waals surface area contributed by atoms with E-state index in [4.69, 9.17) is 4.74 Å². The Kier molecular flexibility index (Phi) is 6.37. The smallest absolute Gasteiger partial charge is 0.0612 e. The molecule has 1 fully saturated rings. The van der Waals surface area contributed by atoms with Gasteiger partial charge >= 0.3 is 0 Å². The van der Waals surface area contributed by atoms with Gasteiger partial charge in [0.05, 0.1) is 6.10 Å². The molecule has 0 amide bonds. The second-order valence-corrected chi connectivity index (χ2v) is 5.47. The van der Waals surface area contributed by atoms with Crippen LogP contribution in [0.25, 0.3) is 0 Å². The van der Waals surface area contributed by atoms with Gasteiger partial charge in [-0.3, -0.25) is 0 Å². The van der Waals surface area contributed by atoms with Crippen LogP contribution in [0.2, 0.25) is 0 Å². The van der Waals surface area contributed by atoms with Crippen LogP contribution in [-0.2, 0) is 4.74 Å². The molecule has 16 heavy (non-hydrogen) atoms. The molecule has 1 heterocycles. The molecule has 0 aliphatic carbocycles. The van der Waals surface area contributed by atoms with Gasteiger partial charge in [-0.1, -0.05) is 40.5 Å². The Bertz CT molecular complexity index is 178. The molecule has 1 saturated heterocycles. The molecule has 1 N–H and O–H groups in total. The highest BCUT2D eigenvalue weighted by Crippen LogP contribution is 2.20. The minimum atomic E-state index is 0.466. The normalized spacial score (nSPS) is 26.6. The second-order valence-electron chi connectivity index (χ2n) is 5.47. The van der Waals surface area contributed by atoms with Crippen LogP contribution in [0.15, 0.2) is 0 Å². The van der Waals surface area contributed by atoms with Gasteiger partial charge in [0, 0.05) is 12.6 Å². The molecule has 0 aromatic heterocycles. The summed E-state index contributed by atoms with van der Waals surface area (Å²) in [4.78, 5) is 0. The van der Waals surface area contributed by atoms with Crippen LogP contribution in [-0.4, -0.2) is 25.3 Å². The average Bonchev–Trinajstić information content (AvgIpc) is 2.31. The van der Waals surface area contributed by atoms with E-state index in [1.807, 2.05) is 0 Å². The zero-order chi connectivity index (χ0) is 12.0. The lowest BCUT2D eigenvalue weighted by molar-refractivity contribution is -0.0248. The predicted molar refractivity (Wildman–Crippen MR) is 69.7 cm³/mol. The zero-order valence-electron chi connectivity index (χ0n) is 11.5. The van der Waals surface area contributed by atoms with E-state index in [1.54, 1.807) is 0 Å². The molecule has 0 bridgehead atoms. The van der Waals surface area contributed by atoms with Crippen molar-refractivity contribution in [3.05, 3.63) is 0 Å². The van der Waals surface area contributed by atoms with Gasteiger partial charge in [0.15, 0.2) is 0 Å². The lowest BCUT2D eigenvalue weighted by Gasteiger charge is -2.33. The Hall–Kier alpha value is -0.0800. The highest BCUT2D eigenvalue weighted by atomic mass is 16.5. The molecule has 1 aliphatic heterocycles. The largest absolute Gasteiger partial charge is 0.378 e. The molecule has 0 saturated carbocycles. The van der Waals surface area contributed by atoms with Gasteiger partial charge in [0.25, 0.3) is 0 Å². The summed E-state index contributed by atoms with van der Waals surface area (Å²) < 4.78 is 5.79. The highest BCUT2D eigenvalue weighted by molar-refractivity contribution is 4.79. The van der Waals surface area contributed by atoms with E-state index < -0.39 is 0 Å². The van der Waals surface area contributed by atoms with Crippen molar-refractivity contribution in [3.63, 3.8) is 0 Å². The molecule has 0 spiro atoms. The van der Waals surface area contributed by atoms with Gasteiger partial charge in [-0.15, -0.1) is 0 Å². The Morgan fingerprint density at radius 2 is 1.94 bits per heavy atom. The molecule has 1 aliphatic rings. The topological polar surface area (TPSA) is 21.3 Å². The number of hydrogen-bond donors (Lipinski definition) is 1. The lowest BCUT2D eigenvalue weighted by atomic mass is 9.94. The van der Waals surface area contributed by atoms with E-state index >= 15 is 0 Å². The maximum Gasteiger partial charge on any atom is 0.0612 e. The van der Waals surface area contributed by atoms with Gasteiger partial charge in [0.1, 0.15) is 0 Å². The maximum absolute atomic E-state index is 5.79. The molecule has 0 aromatic rings. The summed E-state index contributed by atoms with van der Waals surface area (Å²) in [6.07, 6.45) is 5.43. The van der Waals surface area contributed by atoms with Gasteiger partial charge in [-0.2, -0.15) is 0 Å². The molecule has 2 atom stereocenters. The standard InChI is InChI=1S/C14H29NO/c1-5-12(6-2)10-15-13-7-8-16-14(9-13)11(3)4/h11-15H,5-10H2,1-4H3. The summed E-state index contributed by atoms with van der Waals surface area (Å²) in [6, 6.07) is 0.682. The van der Waals surface area contributed by atoms with Gasteiger partial charge in [-0.05, 0) is 31.2 Å². The summed E-state index contributed by atoms with van der Waals surface area (Å²) >= 11 is 0. The lowest BCUT2D eigenvalue weighted by Crippen LogP contribution is -2.42. The van der Waals surface area contributed by atoms with E-state index in [9.17, 15) is 0 Å². The SMILES string of the molecule is CCC(CC)CNC1CCOC(C(C)C)C1. The Morgan fingerprint density at radius 1 is 1.25 bits per heavy atom.